The summed E-state index contributed by atoms with van der Waals surface area (Å²) in [5.41, 5.74) is 2.65. The van der Waals surface area contributed by atoms with Gasteiger partial charge in [-0.25, -0.2) is 4.39 Å². The van der Waals surface area contributed by atoms with E-state index in [1.807, 2.05) is 18.2 Å². The van der Waals surface area contributed by atoms with Crippen LogP contribution in [0.1, 0.15) is 29.0 Å². The Hall–Kier alpha value is -3.35. The summed E-state index contributed by atoms with van der Waals surface area (Å²) in [4.78, 5) is 12.1. The number of amides is 1. The third-order valence-electron chi connectivity index (χ3n) is 4.86. The molecule has 1 aromatic heterocycles. The Bertz CT molecular complexity index is 1030. The van der Waals surface area contributed by atoms with Crippen LogP contribution in [0, 0.1) is 5.82 Å². The average molecular weight is 381 g/mol. The van der Waals surface area contributed by atoms with Crippen LogP contribution in [-0.4, -0.2) is 22.8 Å². The average Bonchev–Trinajstić information content (AvgIpc) is 3.06. The molecular formula is C21H20FN3O3. The number of benzene rings is 2. The van der Waals surface area contributed by atoms with E-state index in [0.29, 0.717) is 23.7 Å². The minimum atomic E-state index is -0.300. The van der Waals surface area contributed by atoms with E-state index in [9.17, 15) is 9.18 Å². The van der Waals surface area contributed by atoms with Gasteiger partial charge >= 0.3 is 0 Å². The molecule has 1 N–H and O–H groups in total. The standard InChI is InChI=1S/C21H20FN3O3/c1-25-21-17(11-23-25)16(10-20(26)24-21)14-6-7-18(19(9-14)27-2)28-12-13-4-3-5-15(22)8-13/h3-9,11,16H,10,12H2,1-2H3,(H,24,26). The molecule has 0 radical (unpaired) electrons. The van der Waals surface area contributed by atoms with Gasteiger partial charge < -0.3 is 14.8 Å². The van der Waals surface area contributed by atoms with Gasteiger partial charge in [0.15, 0.2) is 11.5 Å². The van der Waals surface area contributed by atoms with Crippen LogP contribution in [0.15, 0.2) is 48.7 Å². The molecule has 4 rings (SSSR count). The zero-order chi connectivity index (χ0) is 19.7. The van der Waals surface area contributed by atoms with Crippen LogP contribution in [0.4, 0.5) is 10.2 Å². The molecule has 0 fully saturated rings. The second-order valence-corrected chi connectivity index (χ2v) is 6.71. The fourth-order valence-electron chi connectivity index (χ4n) is 3.45. The topological polar surface area (TPSA) is 65.4 Å². The van der Waals surface area contributed by atoms with Crippen molar-refractivity contribution in [1.29, 1.82) is 0 Å². The van der Waals surface area contributed by atoms with Crippen LogP contribution in [0.2, 0.25) is 0 Å². The Morgan fingerprint density at radius 2 is 2.11 bits per heavy atom. The number of hydrogen-bond acceptors (Lipinski definition) is 4. The van der Waals surface area contributed by atoms with Gasteiger partial charge in [0.2, 0.25) is 5.91 Å². The Morgan fingerprint density at radius 3 is 2.89 bits per heavy atom. The van der Waals surface area contributed by atoms with Gasteiger partial charge in [-0.15, -0.1) is 0 Å². The van der Waals surface area contributed by atoms with Crippen molar-refractivity contribution in [2.24, 2.45) is 7.05 Å². The van der Waals surface area contributed by atoms with Crippen LogP contribution < -0.4 is 14.8 Å². The van der Waals surface area contributed by atoms with Gasteiger partial charge in [0.1, 0.15) is 18.2 Å². The number of hydrogen-bond donors (Lipinski definition) is 1. The minimum absolute atomic E-state index is 0.0495. The van der Waals surface area contributed by atoms with E-state index in [4.69, 9.17) is 9.47 Å². The number of aromatic nitrogens is 2. The number of anilines is 1. The Morgan fingerprint density at radius 1 is 1.25 bits per heavy atom. The molecule has 2 heterocycles. The summed E-state index contributed by atoms with van der Waals surface area (Å²) in [6.07, 6.45) is 2.12. The number of carbonyl (C=O) groups is 1. The van der Waals surface area contributed by atoms with Crippen molar-refractivity contribution in [3.8, 4) is 11.5 Å². The lowest BCUT2D eigenvalue weighted by atomic mass is 9.87. The van der Waals surface area contributed by atoms with Gasteiger partial charge in [-0.3, -0.25) is 9.48 Å². The monoisotopic (exact) mass is 381 g/mol. The minimum Gasteiger partial charge on any atom is -0.493 e. The van der Waals surface area contributed by atoms with E-state index in [1.165, 1.54) is 12.1 Å². The van der Waals surface area contributed by atoms with Crippen molar-refractivity contribution in [3.63, 3.8) is 0 Å². The first-order chi connectivity index (χ1) is 13.5. The summed E-state index contributed by atoms with van der Waals surface area (Å²) in [7, 11) is 3.36. The van der Waals surface area contributed by atoms with Gasteiger partial charge in [0, 0.05) is 24.9 Å². The molecule has 1 aliphatic heterocycles. The van der Waals surface area contributed by atoms with E-state index in [2.05, 4.69) is 10.4 Å². The molecule has 0 spiro atoms. The van der Waals surface area contributed by atoms with E-state index in [0.717, 1.165) is 16.7 Å². The van der Waals surface area contributed by atoms with Crippen LogP contribution in [0.5, 0.6) is 11.5 Å². The fraction of sp³-hybridized carbons (Fsp3) is 0.238. The summed E-state index contributed by atoms with van der Waals surface area (Å²) in [6, 6.07) is 11.9. The highest BCUT2D eigenvalue weighted by molar-refractivity contribution is 5.94. The number of fused-ring (bicyclic) bond motifs is 1. The number of aryl methyl sites for hydroxylation is 1. The number of methoxy groups -OCH3 is 1. The molecule has 28 heavy (non-hydrogen) atoms. The van der Waals surface area contributed by atoms with Gasteiger partial charge in [-0.2, -0.15) is 5.10 Å². The van der Waals surface area contributed by atoms with Crippen molar-refractivity contribution in [1.82, 2.24) is 9.78 Å². The van der Waals surface area contributed by atoms with Crippen molar-refractivity contribution >= 4 is 11.7 Å². The second kappa shape index (κ2) is 7.34. The molecule has 144 valence electrons. The Labute approximate surface area is 161 Å². The molecule has 1 aliphatic rings. The zero-order valence-electron chi connectivity index (χ0n) is 15.6. The Balaban J connectivity index is 1.60. The number of carbonyl (C=O) groups excluding carboxylic acids is 1. The number of nitrogens with one attached hydrogen (secondary N) is 1. The van der Waals surface area contributed by atoms with Crippen LogP contribution in [0.25, 0.3) is 0 Å². The smallest absolute Gasteiger partial charge is 0.226 e. The predicted molar refractivity (Wildman–Crippen MR) is 102 cm³/mol. The Kier molecular flexibility index (Phi) is 4.73. The number of halogens is 1. The van der Waals surface area contributed by atoms with Crippen LogP contribution >= 0.6 is 0 Å². The first-order valence-corrected chi connectivity index (χ1v) is 8.92. The first kappa shape index (κ1) is 18.0. The predicted octanol–water partition coefficient (Wildman–Crippen LogP) is 3.62. The molecule has 7 heteroatoms. The first-order valence-electron chi connectivity index (χ1n) is 8.92. The van der Waals surface area contributed by atoms with Crippen molar-refractivity contribution < 1.29 is 18.7 Å². The van der Waals surface area contributed by atoms with E-state index in [-0.39, 0.29) is 24.2 Å². The second-order valence-electron chi connectivity index (χ2n) is 6.71. The third kappa shape index (κ3) is 3.43. The van der Waals surface area contributed by atoms with Crippen LogP contribution in [0.3, 0.4) is 0 Å². The van der Waals surface area contributed by atoms with Gasteiger partial charge in [0.25, 0.3) is 0 Å². The molecular weight excluding hydrogens is 361 g/mol. The summed E-state index contributed by atoms with van der Waals surface area (Å²) in [5, 5.41) is 7.12. The SMILES string of the molecule is COc1cc(C2CC(=O)Nc3c2cnn3C)ccc1OCc1cccc(F)c1. The molecule has 3 aromatic rings. The van der Waals surface area contributed by atoms with Gasteiger partial charge in [0.05, 0.1) is 13.3 Å². The van der Waals surface area contributed by atoms with Gasteiger partial charge in [-0.1, -0.05) is 18.2 Å². The maximum Gasteiger partial charge on any atom is 0.226 e. The summed E-state index contributed by atoms with van der Waals surface area (Å²) in [5.74, 6) is 1.38. The lowest BCUT2D eigenvalue weighted by Crippen LogP contribution is -2.24. The van der Waals surface area contributed by atoms with E-state index >= 15 is 0 Å². The molecule has 0 saturated carbocycles. The fourth-order valence-corrected chi connectivity index (χ4v) is 3.45. The number of ether oxygens (including phenoxy) is 2. The van der Waals surface area contributed by atoms with E-state index in [1.54, 1.807) is 37.2 Å². The van der Waals surface area contributed by atoms with E-state index < -0.39 is 0 Å². The molecule has 1 atom stereocenters. The summed E-state index contributed by atoms with van der Waals surface area (Å²) < 4.78 is 26.3. The van der Waals surface area contributed by atoms with Crippen LogP contribution in [-0.2, 0) is 18.4 Å². The lowest BCUT2D eigenvalue weighted by Gasteiger charge is -2.24. The maximum absolute atomic E-state index is 13.3. The molecule has 0 saturated heterocycles. The van der Waals surface area contributed by atoms with Crippen molar-refractivity contribution in [2.45, 2.75) is 18.9 Å². The largest absolute Gasteiger partial charge is 0.493 e. The molecule has 6 nitrogen and oxygen atoms in total. The summed E-state index contributed by atoms with van der Waals surface area (Å²) in [6.45, 7) is 0.228. The molecule has 1 amide bonds. The van der Waals surface area contributed by atoms with Gasteiger partial charge in [-0.05, 0) is 35.4 Å². The normalized spacial score (nSPS) is 15.7. The quantitative estimate of drug-likeness (QED) is 0.733. The highest BCUT2D eigenvalue weighted by atomic mass is 19.1. The third-order valence-corrected chi connectivity index (χ3v) is 4.86. The number of nitrogens with zero attached hydrogens (tertiary/aromatic N) is 2. The molecule has 2 aromatic carbocycles. The molecule has 1 unspecified atom stereocenters. The lowest BCUT2D eigenvalue weighted by molar-refractivity contribution is -0.116. The van der Waals surface area contributed by atoms with Crippen molar-refractivity contribution in [3.05, 3.63) is 71.2 Å². The highest BCUT2D eigenvalue weighted by Gasteiger charge is 2.29. The highest BCUT2D eigenvalue weighted by Crippen LogP contribution is 2.40. The summed E-state index contributed by atoms with van der Waals surface area (Å²) >= 11 is 0. The van der Waals surface area contributed by atoms with Crippen molar-refractivity contribution in [2.75, 3.05) is 12.4 Å². The maximum atomic E-state index is 13.3. The number of rotatable bonds is 5. The zero-order valence-corrected chi connectivity index (χ0v) is 15.6. The molecule has 0 bridgehead atoms. The molecule has 0 aliphatic carbocycles.